The second kappa shape index (κ2) is 7.02. The van der Waals surface area contributed by atoms with Gasteiger partial charge in [0.1, 0.15) is 0 Å². The molecule has 0 aromatic carbocycles. The van der Waals surface area contributed by atoms with Crippen LogP contribution >= 0.6 is 0 Å². The molecule has 1 aliphatic heterocycles. The number of nitrogens with zero attached hydrogens (tertiary/aromatic N) is 3. The van der Waals surface area contributed by atoms with Gasteiger partial charge in [-0.15, -0.1) is 0 Å². The minimum Gasteiger partial charge on any atom is -0.335 e. The van der Waals surface area contributed by atoms with Crippen molar-refractivity contribution < 1.29 is 0 Å². The third-order valence-electron chi connectivity index (χ3n) is 4.06. The maximum Gasteiger partial charge on any atom is 0.225 e. The molecule has 1 aliphatic rings. The van der Waals surface area contributed by atoms with Gasteiger partial charge < -0.3 is 10.2 Å². The summed E-state index contributed by atoms with van der Waals surface area (Å²) in [6.45, 7) is 10.8. The van der Waals surface area contributed by atoms with E-state index in [2.05, 4.69) is 47.9 Å². The average molecular weight is 276 g/mol. The predicted molar refractivity (Wildman–Crippen MR) is 83.8 cm³/mol. The molecule has 20 heavy (non-hydrogen) atoms. The maximum absolute atomic E-state index is 4.58. The Morgan fingerprint density at radius 2 is 2.00 bits per heavy atom. The number of nitrogens with one attached hydrogen (secondary N) is 1. The Balaban J connectivity index is 1.97. The van der Waals surface area contributed by atoms with Crippen LogP contribution in [0.2, 0.25) is 0 Å². The Labute approximate surface area is 123 Å². The number of hydrogen-bond acceptors (Lipinski definition) is 4. The molecule has 0 saturated carbocycles. The van der Waals surface area contributed by atoms with Crippen LogP contribution in [0.4, 0.5) is 5.95 Å². The van der Waals surface area contributed by atoms with Gasteiger partial charge in [0.2, 0.25) is 5.95 Å². The van der Waals surface area contributed by atoms with E-state index >= 15 is 0 Å². The Kier molecular flexibility index (Phi) is 5.35. The number of aromatic nitrogens is 2. The molecule has 112 valence electrons. The maximum atomic E-state index is 4.58. The van der Waals surface area contributed by atoms with Crippen LogP contribution in [-0.4, -0.2) is 28.6 Å². The predicted octanol–water partition coefficient (Wildman–Crippen LogP) is 2.99. The lowest BCUT2D eigenvalue weighted by Crippen LogP contribution is -2.35. The molecule has 0 amide bonds. The van der Waals surface area contributed by atoms with Crippen LogP contribution in [0.15, 0.2) is 12.4 Å². The van der Waals surface area contributed by atoms with E-state index in [9.17, 15) is 0 Å². The lowest BCUT2D eigenvalue weighted by atomic mass is 10.2. The Bertz CT molecular complexity index is 401. The summed E-state index contributed by atoms with van der Waals surface area (Å²) in [5, 5.41) is 3.43. The zero-order valence-electron chi connectivity index (χ0n) is 13.3. The van der Waals surface area contributed by atoms with Gasteiger partial charge in [-0.25, -0.2) is 9.97 Å². The first kappa shape index (κ1) is 15.2. The van der Waals surface area contributed by atoms with Gasteiger partial charge in [0.05, 0.1) is 0 Å². The zero-order chi connectivity index (χ0) is 14.5. The molecular weight excluding hydrogens is 248 g/mol. The van der Waals surface area contributed by atoms with Gasteiger partial charge in [-0.1, -0.05) is 20.8 Å². The van der Waals surface area contributed by atoms with Crippen LogP contribution in [0.25, 0.3) is 0 Å². The molecule has 2 heterocycles. The molecular formula is C16H28N4. The topological polar surface area (TPSA) is 41.1 Å². The summed E-state index contributed by atoms with van der Waals surface area (Å²) in [6, 6.07) is 1.17. The van der Waals surface area contributed by atoms with E-state index in [1.807, 2.05) is 12.4 Å². The summed E-state index contributed by atoms with van der Waals surface area (Å²) in [6.07, 6.45) is 7.62. The van der Waals surface area contributed by atoms with E-state index in [1.54, 1.807) is 0 Å². The minimum atomic E-state index is 0.560. The standard InChI is InChI=1S/C16H28N4/c1-5-15-7-6-13(4)20(15)16-18-10-14(11-19-16)9-17-8-12(2)3/h10-13,15,17H,5-9H2,1-4H3. The largest absolute Gasteiger partial charge is 0.335 e. The monoisotopic (exact) mass is 276 g/mol. The summed E-state index contributed by atoms with van der Waals surface area (Å²) < 4.78 is 0. The molecule has 1 fully saturated rings. The van der Waals surface area contributed by atoms with E-state index in [1.165, 1.54) is 19.3 Å². The lowest BCUT2D eigenvalue weighted by Gasteiger charge is -2.27. The Morgan fingerprint density at radius 3 is 2.60 bits per heavy atom. The zero-order valence-corrected chi connectivity index (χ0v) is 13.3. The second-order valence-electron chi connectivity index (χ2n) is 6.31. The summed E-state index contributed by atoms with van der Waals surface area (Å²) in [7, 11) is 0. The molecule has 0 bridgehead atoms. The summed E-state index contributed by atoms with van der Waals surface area (Å²) >= 11 is 0. The minimum absolute atomic E-state index is 0.560. The molecule has 1 saturated heterocycles. The highest BCUT2D eigenvalue weighted by molar-refractivity contribution is 5.35. The number of hydrogen-bond donors (Lipinski definition) is 1. The van der Waals surface area contributed by atoms with Gasteiger partial charge >= 0.3 is 0 Å². The van der Waals surface area contributed by atoms with Crippen LogP contribution in [0, 0.1) is 5.92 Å². The van der Waals surface area contributed by atoms with Crippen molar-refractivity contribution in [2.75, 3.05) is 11.4 Å². The lowest BCUT2D eigenvalue weighted by molar-refractivity contribution is 0.550. The second-order valence-corrected chi connectivity index (χ2v) is 6.31. The molecule has 1 N–H and O–H groups in total. The van der Waals surface area contributed by atoms with Crippen molar-refractivity contribution in [1.29, 1.82) is 0 Å². The molecule has 1 aromatic heterocycles. The van der Waals surface area contributed by atoms with Gasteiger partial charge in [0.15, 0.2) is 0 Å². The quantitative estimate of drug-likeness (QED) is 0.867. The van der Waals surface area contributed by atoms with Crippen molar-refractivity contribution in [1.82, 2.24) is 15.3 Å². The third kappa shape index (κ3) is 3.69. The molecule has 0 radical (unpaired) electrons. The first-order valence-electron chi connectivity index (χ1n) is 7.91. The molecule has 0 spiro atoms. The van der Waals surface area contributed by atoms with Gasteiger partial charge in [-0.2, -0.15) is 0 Å². The van der Waals surface area contributed by atoms with Crippen molar-refractivity contribution in [2.45, 2.75) is 65.6 Å². The van der Waals surface area contributed by atoms with E-state index in [0.29, 0.717) is 18.0 Å². The molecule has 2 unspecified atom stereocenters. The smallest absolute Gasteiger partial charge is 0.225 e. The highest BCUT2D eigenvalue weighted by Gasteiger charge is 2.30. The van der Waals surface area contributed by atoms with E-state index in [0.717, 1.165) is 24.6 Å². The van der Waals surface area contributed by atoms with Gasteiger partial charge in [0.25, 0.3) is 0 Å². The van der Waals surface area contributed by atoms with Crippen LogP contribution in [0.3, 0.4) is 0 Å². The van der Waals surface area contributed by atoms with E-state index in [4.69, 9.17) is 0 Å². The third-order valence-corrected chi connectivity index (χ3v) is 4.06. The number of anilines is 1. The van der Waals surface area contributed by atoms with Crippen molar-refractivity contribution in [3.63, 3.8) is 0 Å². The van der Waals surface area contributed by atoms with Gasteiger partial charge in [0, 0.05) is 36.6 Å². The van der Waals surface area contributed by atoms with Crippen LogP contribution < -0.4 is 10.2 Å². The highest BCUT2D eigenvalue weighted by atomic mass is 15.3. The van der Waals surface area contributed by atoms with E-state index in [-0.39, 0.29) is 0 Å². The summed E-state index contributed by atoms with van der Waals surface area (Å²) in [4.78, 5) is 11.6. The fourth-order valence-corrected chi connectivity index (χ4v) is 2.91. The molecule has 1 aromatic rings. The van der Waals surface area contributed by atoms with Crippen molar-refractivity contribution >= 4 is 5.95 Å². The fourth-order valence-electron chi connectivity index (χ4n) is 2.91. The summed E-state index contributed by atoms with van der Waals surface area (Å²) in [5.74, 6) is 1.57. The molecule has 2 atom stereocenters. The van der Waals surface area contributed by atoms with Crippen molar-refractivity contribution in [3.05, 3.63) is 18.0 Å². The molecule has 4 heteroatoms. The Morgan fingerprint density at radius 1 is 1.30 bits per heavy atom. The molecule has 4 nitrogen and oxygen atoms in total. The normalized spacial score (nSPS) is 22.8. The Hall–Kier alpha value is -1.16. The fraction of sp³-hybridized carbons (Fsp3) is 0.750. The summed E-state index contributed by atoms with van der Waals surface area (Å²) in [5.41, 5.74) is 1.16. The van der Waals surface area contributed by atoms with Gasteiger partial charge in [-0.05, 0) is 38.6 Å². The molecule has 2 rings (SSSR count). The first-order valence-corrected chi connectivity index (χ1v) is 7.91. The molecule has 0 aliphatic carbocycles. The average Bonchev–Trinajstić information content (AvgIpc) is 2.80. The SMILES string of the molecule is CCC1CCC(C)N1c1ncc(CNCC(C)C)cn1. The first-order chi connectivity index (χ1) is 9.61. The van der Waals surface area contributed by atoms with E-state index < -0.39 is 0 Å². The number of rotatable bonds is 6. The van der Waals surface area contributed by atoms with Crippen molar-refractivity contribution in [2.24, 2.45) is 5.92 Å². The van der Waals surface area contributed by atoms with Crippen LogP contribution in [0.1, 0.15) is 52.5 Å². The van der Waals surface area contributed by atoms with Crippen molar-refractivity contribution in [3.8, 4) is 0 Å². The van der Waals surface area contributed by atoms with Gasteiger partial charge in [-0.3, -0.25) is 0 Å². The van der Waals surface area contributed by atoms with Crippen LogP contribution in [0.5, 0.6) is 0 Å². The highest BCUT2D eigenvalue weighted by Crippen LogP contribution is 2.29. The van der Waals surface area contributed by atoms with Crippen LogP contribution in [-0.2, 0) is 6.54 Å².